The van der Waals surface area contributed by atoms with Crippen LogP contribution in [0.15, 0.2) is 47.4 Å². The molecule has 3 heteroatoms. The molecule has 1 saturated carbocycles. The summed E-state index contributed by atoms with van der Waals surface area (Å²) in [5.41, 5.74) is 9.30. The van der Waals surface area contributed by atoms with Gasteiger partial charge in [-0.1, -0.05) is 55.2 Å². The highest BCUT2D eigenvalue weighted by molar-refractivity contribution is 5.31. The summed E-state index contributed by atoms with van der Waals surface area (Å²) >= 11 is 0. The average Bonchev–Trinajstić information content (AvgIpc) is 2.56. The van der Waals surface area contributed by atoms with E-state index in [1.54, 1.807) is 0 Å². The van der Waals surface area contributed by atoms with Crippen LogP contribution in [0.5, 0.6) is 0 Å². The van der Waals surface area contributed by atoms with E-state index in [1.165, 1.54) is 24.8 Å². The molecule has 1 atom stereocenters. The third-order valence-corrected chi connectivity index (χ3v) is 4.74. The minimum atomic E-state index is -0.357. The largest absolute Gasteiger partial charge is 0.320 e. The first kappa shape index (κ1) is 15.0. The Kier molecular flexibility index (Phi) is 4.44. The third-order valence-electron chi connectivity index (χ3n) is 4.74. The van der Waals surface area contributed by atoms with Crippen LogP contribution in [0, 0.1) is 6.92 Å². The van der Waals surface area contributed by atoms with Gasteiger partial charge in [-0.05, 0) is 31.4 Å². The molecule has 2 aromatic rings. The summed E-state index contributed by atoms with van der Waals surface area (Å²) in [5.74, 6) is 0. The molecule has 1 aromatic carbocycles. The highest BCUT2D eigenvalue weighted by Gasteiger charge is 2.19. The quantitative estimate of drug-likeness (QED) is 0.938. The summed E-state index contributed by atoms with van der Waals surface area (Å²) in [6, 6.07) is 11.9. The third kappa shape index (κ3) is 3.00. The molecule has 0 bridgehead atoms. The molecule has 1 aliphatic carbocycles. The Balaban J connectivity index is 1.93. The van der Waals surface area contributed by atoms with Gasteiger partial charge in [0.05, 0.1) is 6.04 Å². The minimum absolute atomic E-state index is 0.0717. The zero-order valence-corrected chi connectivity index (χ0v) is 13.2. The number of aromatic nitrogens is 1. The van der Waals surface area contributed by atoms with Crippen molar-refractivity contribution < 1.29 is 0 Å². The fourth-order valence-corrected chi connectivity index (χ4v) is 3.36. The predicted octanol–water partition coefficient (Wildman–Crippen LogP) is 3.71. The monoisotopic (exact) mass is 296 g/mol. The molecular formula is C19H24N2O. The van der Waals surface area contributed by atoms with Gasteiger partial charge in [0.1, 0.15) is 0 Å². The van der Waals surface area contributed by atoms with E-state index in [2.05, 4.69) is 0 Å². The number of pyridine rings is 1. The van der Waals surface area contributed by atoms with Crippen molar-refractivity contribution in [2.45, 2.75) is 51.1 Å². The summed E-state index contributed by atoms with van der Waals surface area (Å²) < 4.78 is 1.91. The molecular weight excluding hydrogens is 272 g/mol. The Bertz CT molecular complexity index is 681. The Morgan fingerprint density at radius 1 is 1.09 bits per heavy atom. The van der Waals surface area contributed by atoms with E-state index in [1.807, 2.05) is 54.1 Å². The predicted molar refractivity (Wildman–Crippen MR) is 90.0 cm³/mol. The van der Waals surface area contributed by atoms with Crippen LogP contribution in [0.3, 0.4) is 0 Å². The molecule has 1 unspecified atom stereocenters. The van der Waals surface area contributed by atoms with Crippen LogP contribution >= 0.6 is 0 Å². The van der Waals surface area contributed by atoms with Crippen molar-refractivity contribution in [2.75, 3.05) is 0 Å². The number of nitrogens with zero attached hydrogens (tertiary/aromatic N) is 1. The molecule has 1 heterocycles. The van der Waals surface area contributed by atoms with Crippen LogP contribution < -0.4 is 11.3 Å². The normalized spacial score (nSPS) is 17.4. The number of nitrogens with two attached hydrogens (primary N) is 1. The number of hydrogen-bond donors (Lipinski definition) is 1. The maximum absolute atomic E-state index is 12.8. The lowest BCUT2D eigenvalue weighted by Gasteiger charge is -2.25. The van der Waals surface area contributed by atoms with Crippen LogP contribution in [0.25, 0.3) is 0 Å². The zero-order chi connectivity index (χ0) is 15.5. The van der Waals surface area contributed by atoms with Gasteiger partial charge in [0, 0.05) is 17.8 Å². The van der Waals surface area contributed by atoms with Crippen LogP contribution in [-0.4, -0.2) is 4.57 Å². The van der Waals surface area contributed by atoms with E-state index in [0.29, 0.717) is 11.6 Å². The molecule has 1 aromatic heterocycles. The molecule has 22 heavy (non-hydrogen) atoms. The molecule has 0 radical (unpaired) electrons. The molecule has 0 amide bonds. The van der Waals surface area contributed by atoms with E-state index in [0.717, 1.165) is 18.4 Å². The molecule has 3 nitrogen and oxygen atoms in total. The highest BCUT2D eigenvalue weighted by atomic mass is 16.1. The smallest absolute Gasteiger partial charge is 0.255 e. The van der Waals surface area contributed by atoms with Gasteiger partial charge in [-0.25, -0.2) is 0 Å². The molecule has 1 aliphatic rings. The molecule has 116 valence electrons. The fourth-order valence-electron chi connectivity index (χ4n) is 3.36. The van der Waals surface area contributed by atoms with E-state index in [-0.39, 0.29) is 11.6 Å². The van der Waals surface area contributed by atoms with Crippen molar-refractivity contribution in [2.24, 2.45) is 5.73 Å². The molecule has 0 aliphatic heterocycles. The number of hydrogen-bond acceptors (Lipinski definition) is 2. The average molecular weight is 296 g/mol. The standard InChI is InChI=1S/C19H24N2O/c1-14-9-11-15(12-10-14)18(20)17-8-5-13-21(19(17)22)16-6-3-2-4-7-16/h5,8-13,16,18H,2-4,6-7,20H2,1H3. The topological polar surface area (TPSA) is 48.0 Å². The first-order chi connectivity index (χ1) is 10.7. The van der Waals surface area contributed by atoms with Crippen molar-refractivity contribution in [3.05, 3.63) is 69.6 Å². The molecule has 2 N–H and O–H groups in total. The highest BCUT2D eigenvalue weighted by Crippen LogP contribution is 2.27. The van der Waals surface area contributed by atoms with Crippen molar-refractivity contribution in [3.8, 4) is 0 Å². The second-order valence-corrected chi connectivity index (χ2v) is 6.36. The fraction of sp³-hybridized carbons (Fsp3) is 0.421. The minimum Gasteiger partial charge on any atom is -0.320 e. The van der Waals surface area contributed by atoms with Crippen LogP contribution in [-0.2, 0) is 0 Å². The van der Waals surface area contributed by atoms with Crippen molar-refractivity contribution in [1.82, 2.24) is 4.57 Å². The first-order valence-electron chi connectivity index (χ1n) is 8.20. The molecule has 0 spiro atoms. The maximum atomic E-state index is 12.8. The number of aryl methyl sites for hydroxylation is 1. The Morgan fingerprint density at radius 3 is 2.45 bits per heavy atom. The SMILES string of the molecule is Cc1ccc(C(N)c2cccn(C3CCCCC3)c2=O)cc1. The van der Waals surface area contributed by atoms with Gasteiger partial charge in [-0.15, -0.1) is 0 Å². The Hall–Kier alpha value is -1.87. The second-order valence-electron chi connectivity index (χ2n) is 6.36. The second kappa shape index (κ2) is 6.49. The van der Waals surface area contributed by atoms with E-state index in [4.69, 9.17) is 5.73 Å². The lowest BCUT2D eigenvalue weighted by Crippen LogP contribution is -2.31. The summed E-state index contributed by atoms with van der Waals surface area (Å²) in [5, 5.41) is 0. The lowest BCUT2D eigenvalue weighted by molar-refractivity contribution is 0.345. The molecule has 0 saturated heterocycles. The first-order valence-corrected chi connectivity index (χ1v) is 8.20. The van der Waals surface area contributed by atoms with Crippen molar-refractivity contribution in [3.63, 3.8) is 0 Å². The van der Waals surface area contributed by atoms with Gasteiger partial charge in [0.15, 0.2) is 0 Å². The molecule has 3 rings (SSSR count). The number of benzene rings is 1. The summed E-state index contributed by atoms with van der Waals surface area (Å²) in [6.45, 7) is 2.05. The van der Waals surface area contributed by atoms with E-state index in [9.17, 15) is 4.79 Å². The maximum Gasteiger partial charge on any atom is 0.255 e. The van der Waals surface area contributed by atoms with Gasteiger partial charge in [-0.2, -0.15) is 0 Å². The van der Waals surface area contributed by atoms with Gasteiger partial charge in [-0.3, -0.25) is 4.79 Å². The van der Waals surface area contributed by atoms with Crippen molar-refractivity contribution >= 4 is 0 Å². The molecule has 1 fully saturated rings. The van der Waals surface area contributed by atoms with Crippen molar-refractivity contribution in [1.29, 1.82) is 0 Å². The lowest BCUT2D eigenvalue weighted by atomic mass is 9.94. The summed E-state index contributed by atoms with van der Waals surface area (Å²) in [4.78, 5) is 12.8. The van der Waals surface area contributed by atoms with Gasteiger partial charge < -0.3 is 10.3 Å². The van der Waals surface area contributed by atoms with E-state index >= 15 is 0 Å². The van der Waals surface area contributed by atoms with Crippen LogP contribution in [0.1, 0.15) is 60.9 Å². The van der Waals surface area contributed by atoms with Gasteiger partial charge in [0.25, 0.3) is 5.56 Å². The number of rotatable bonds is 3. The van der Waals surface area contributed by atoms with Gasteiger partial charge in [0.2, 0.25) is 0 Å². The summed E-state index contributed by atoms with van der Waals surface area (Å²) in [7, 11) is 0. The van der Waals surface area contributed by atoms with Crippen LogP contribution in [0.4, 0.5) is 0 Å². The van der Waals surface area contributed by atoms with E-state index < -0.39 is 0 Å². The Morgan fingerprint density at radius 2 is 1.77 bits per heavy atom. The summed E-state index contributed by atoms with van der Waals surface area (Å²) in [6.07, 6.45) is 7.83. The van der Waals surface area contributed by atoms with Crippen LogP contribution in [0.2, 0.25) is 0 Å². The Labute approximate surface area is 131 Å². The van der Waals surface area contributed by atoms with Gasteiger partial charge >= 0.3 is 0 Å². The zero-order valence-electron chi connectivity index (χ0n) is 13.2.